The van der Waals surface area contributed by atoms with Gasteiger partial charge in [0.15, 0.2) is 0 Å². The second kappa shape index (κ2) is 3.52. The summed E-state index contributed by atoms with van der Waals surface area (Å²) in [6.45, 7) is 3.49. The zero-order valence-corrected chi connectivity index (χ0v) is 8.45. The quantitative estimate of drug-likeness (QED) is 0.689. The Morgan fingerprint density at radius 1 is 1.17 bits per heavy atom. The van der Waals surface area contributed by atoms with E-state index in [1.807, 2.05) is 0 Å². The number of rotatable bonds is 1. The first kappa shape index (κ1) is 9.65. The van der Waals surface area contributed by atoms with E-state index in [1.165, 1.54) is 6.07 Å². The molecule has 66 valence electrons. The van der Waals surface area contributed by atoms with Gasteiger partial charge in [0.05, 0.1) is 0 Å². The molecule has 0 fully saturated rings. The van der Waals surface area contributed by atoms with Crippen LogP contribution in [0.1, 0.15) is 23.1 Å². The molecular weight excluding hydrogens is 226 g/mol. The van der Waals surface area contributed by atoms with Crippen LogP contribution >= 0.6 is 15.9 Å². The third kappa shape index (κ3) is 1.83. The predicted molar refractivity (Wildman–Crippen MR) is 48.6 cm³/mol. The minimum Gasteiger partial charge on any atom is -0.205 e. The molecule has 0 aliphatic heterocycles. The molecule has 0 aliphatic carbocycles. The van der Waals surface area contributed by atoms with Crippen LogP contribution in [0.2, 0.25) is 0 Å². The summed E-state index contributed by atoms with van der Waals surface area (Å²) in [4.78, 5) is 0. The summed E-state index contributed by atoms with van der Waals surface area (Å²) in [7, 11) is 0. The van der Waals surface area contributed by atoms with Gasteiger partial charge >= 0.3 is 0 Å². The van der Waals surface area contributed by atoms with Crippen LogP contribution in [-0.2, 0) is 0 Å². The number of aryl methyl sites for hydroxylation is 2. The Kier molecular flexibility index (Phi) is 2.83. The van der Waals surface area contributed by atoms with Crippen molar-refractivity contribution in [3.8, 4) is 0 Å². The zero-order valence-electron chi connectivity index (χ0n) is 6.87. The van der Waals surface area contributed by atoms with Crippen molar-refractivity contribution >= 4 is 15.9 Å². The molecule has 0 spiro atoms. The lowest BCUT2D eigenvalue weighted by Crippen LogP contribution is -1.91. The van der Waals surface area contributed by atoms with E-state index in [-0.39, 0.29) is 5.56 Å². The number of benzene rings is 1. The molecule has 12 heavy (non-hydrogen) atoms. The van der Waals surface area contributed by atoms with Gasteiger partial charge in [0, 0.05) is 10.0 Å². The fourth-order valence-electron chi connectivity index (χ4n) is 1.04. The molecule has 0 saturated carbocycles. The number of hydrogen-bond donors (Lipinski definition) is 0. The summed E-state index contributed by atoms with van der Waals surface area (Å²) in [5.41, 5.74) is 1.59. The summed E-state index contributed by atoms with van der Waals surface area (Å²) in [5.74, 6) is 0. The highest BCUT2D eigenvalue weighted by Gasteiger charge is 2.11. The van der Waals surface area contributed by atoms with Gasteiger partial charge in [-0.15, -0.1) is 0 Å². The summed E-state index contributed by atoms with van der Waals surface area (Å²) < 4.78 is 25.5. The van der Waals surface area contributed by atoms with E-state index in [0.717, 1.165) is 10.0 Å². The SMILES string of the molecule is Cc1cc(C(F)F)c(C)cc1Br. The van der Waals surface area contributed by atoms with Crippen molar-refractivity contribution in [2.75, 3.05) is 0 Å². The monoisotopic (exact) mass is 234 g/mol. The Balaban J connectivity index is 3.23. The summed E-state index contributed by atoms with van der Waals surface area (Å²) in [6, 6.07) is 3.24. The van der Waals surface area contributed by atoms with Crippen LogP contribution in [0.15, 0.2) is 16.6 Å². The standard InChI is InChI=1S/C9H9BrF2/c1-5-4-8(10)6(2)3-7(5)9(11)12/h3-4,9H,1-2H3. The third-order valence-corrected chi connectivity index (χ3v) is 2.64. The first-order valence-electron chi connectivity index (χ1n) is 3.57. The maximum Gasteiger partial charge on any atom is 0.264 e. The van der Waals surface area contributed by atoms with Crippen LogP contribution < -0.4 is 0 Å². The summed E-state index contributed by atoms with van der Waals surface area (Å²) in [6.07, 6.45) is -2.38. The Bertz CT molecular complexity index is 295. The molecule has 0 heterocycles. The first-order valence-corrected chi connectivity index (χ1v) is 4.36. The van der Waals surface area contributed by atoms with E-state index < -0.39 is 6.43 Å². The summed E-state index contributed by atoms with van der Waals surface area (Å²) >= 11 is 3.28. The van der Waals surface area contributed by atoms with Crippen LogP contribution in [0.3, 0.4) is 0 Å². The molecule has 0 unspecified atom stereocenters. The lowest BCUT2D eigenvalue weighted by Gasteiger charge is -2.07. The summed E-state index contributed by atoms with van der Waals surface area (Å²) in [5, 5.41) is 0. The van der Waals surface area contributed by atoms with Crippen molar-refractivity contribution in [1.29, 1.82) is 0 Å². The fraction of sp³-hybridized carbons (Fsp3) is 0.333. The Labute approximate surface area is 78.7 Å². The van der Waals surface area contributed by atoms with E-state index >= 15 is 0 Å². The highest BCUT2D eigenvalue weighted by molar-refractivity contribution is 9.10. The molecule has 3 heteroatoms. The Hall–Kier alpha value is -0.440. The van der Waals surface area contributed by atoms with E-state index in [1.54, 1.807) is 19.9 Å². The second-order valence-electron chi connectivity index (χ2n) is 2.76. The van der Waals surface area contributed by atoms with E-state index in [9.17, 15) is 8.78 Å². The highest BCUT2D eigenvalue weighted by atomic mass is 79.9. The molecule has 1 rings (SSSR count). The van der Waals surface area contributed by atoms with Crippen molar-refractivity contribution < 1.29 is 8.78 Å². The van der Waals surface area contributed by atoms with E-state index in [2.05, 4.69) is 15.9 Å². The minimum absolute atomic E-state index is 0.121. The molecule has 0 N–H and O–H groups in total. The predicted octanol–water partition coefficient (Wildman–Crippen LogP) is 4.00. The van der Waals surface area contributed by atoms with Gasteiger partial charge in [-0.05, 0) is 37.1 Å². The van der Waals surface area contributed by atoms with Gasteiger partial charge in [-0.1, -0.05) is 15.9 Å². The third-order valence-electron chi connectivity index (χ3n) is 1.78. The van der Waals surface area contributed by atoms with Crippen molar-refractivity contribution in [3.63, 3.8) is 0 Å². The smallest absolute Gasteiger partial charge is 0.205 e. The number of alkyl halides is 2. The topological polar surface area (TPSA) is 0 Å². The minimum atomic E-state index is -2.38. The van der Waals surface area contributed by atoms with Crippen molar-refractivity contribution in [3.05, 3.63) is 33.3 Å². The fourth-order valence-corrected chi connectivity index (χ4v) is 1.50. The van der Waals surface area contributed by atoms with Crippen LogP contribution in [0, 0.1) is 13.8 Å². The zero-order chi connectivity index (χ0) is 9.30. The molecule has 0 nitrogen and oxygen atoms in total. The van der Waals surface area contributed by atoms with Gasteiger partial charge in [0.2, 0.25) is 0 Å². The van der Waals surface area contributed by atoms with Crippen molar-refractivity contribution in [1.82, 2.24) is 0 Å². The highest BCUT2D eigenvalue weighted by Crippen LogP contribution is 2.27. The van der Waals surface area contributed by atoms with E-state index in [4.69, 9.17) is 0 Å². The molecule has 0 aromatic heterocycles. The molecule has 0 radical (unpaired) electrons. The van der Waals surface area contributed by atoms with Gasteiger partial charge in [-0.25, -0.2) is 8.78 Å². The molecule has 0 bridgehead atoms. The van der Waals surface area contributed by atoms with Gasteiger partial charge in [0.25, 0.3) is 6.43 Å². The van der Waals surface area contributed by atoms with E-state index in [0.29, 0.717) is 5.56 Å². The lowest BCUT2D eigenvalue weighted by molar-refractivity contribution is 0.150. The molecule has 0 saturated heterocycles. The molecule has 0 aliphatic rings. The maximum absolute atomic E-state index is 12.3. The number of hydrogen-bond acceptors (Lipinski definition) is 0. The number of halogens is 3. The largest absolute Gasteiger partial charge is 0.264 e. The van der Waals surface area contributed by atoms with Crippen LogP contribution in [0.25, 0.3) is 0 Å². The van der Waals surface area contributed by atoms with Gasteiger partial charge in [-0.2, -0.15) is 0 Å². The average Bonchev–Trinajstić information content (AvgIpc) is 1.96. The maximum atomic E-state index is 12.3. The van der Waals surface area contributed by atoms with Gasteiger partial charge < -0.3 is 0 Å². The average molecular weight is 235 g/mol. The van der Waals surface area contributed by atoms with Crippen molar-refractivity contribution in [2.45, 2.75) is 20.3 Å². The molecule has 0 atom stereocenters. The molecule has 1 aromatic rings. The Morgan fingerprint density at radius 3 is 2.25 bits per heavy atom. The van der Waals surface area contributed by atoms with Crippen LogP contribution in [-0.4, -0.2) is 0 Å². The molecule has 1 aromatic carbocycles. The van der Waals surface area contributed by atoms with Crippen LogP contribution in [0.5, 0.6) is 0 Å². The van der Waals surface area contributed by atoms with Gasteiger partial charge in [0.1, 0.15) is 0 Å². The molecular formula is C9H9BrF2. The van der Waals surface area contributed by atoms with Gasteiger partial charge in [-0.3, -0.25) is 0 Å². The molecule has 0 amide bonds. The lowest BCUT2D eigenvalue weighted by atomic mass is 10.1. The normalized spacial score (nSPS) is 10.8. The Morgan fingerprint density at radius 2 is 1.75 bits per heavy atom. The second-order valence-corrected chi connectivity index (χ2v) is 3.61. The van der Waals surface area contributed by atoms with Crippen molar-refractivity contribution in [2.24, 2.45) is 0 Å². The first-order chi connectivity index (χ1) is 5.52. The van der Waals surface area contributed by atoms with Crippen LogP contribution in [0.4, 0.5) is 8.78 Å².